The van der Waals surface area contributed by atoms with E-state index in [1.807, 2.05) is 24.3 Å². The number of nitrogens with two attached hydrogens (primary N) is 1. The van der Waals surface area contributed by atoms with Crippen molar-refractivity contribution in [2.45, 2.75) is 4.90 Å². The lowest BCUT2D eigenvalue weighted by molar-refractivity contribution is 0.256. The quantitative estimate of drug-likeness (QED) is 0.864. The second kappa shape index (κ2) is 6.16. The van der Waals surface area contributed by atoms with Crippen LogP contribution in [0.1, 0.15) is 0 Å². The molecule has 0 spiro atoms. The van der Waals surface area contributed by atoms with E-state index in [2.05, 4.69) is 0 Å². The summed E-state index contributed by atoms with van der Waals surface area (Å²) < 4.78 is 13.6. The smallest absolute Gasteiger partial charge is 0.292 e. The van der Waals surface area contributed by atoms with Crippen molar-refractivity contribution in [2.24, 2.45) is 5.14 Å². The molecule has 3 rings (SSSR count). The van der Waals surface area contributed by atoms with Crippen LogP contribution < -0.4 is 14.9 Å². The van der Waals surface area contributed by atoms with Crippen LogP contribution in [-0.2, 0) is 0 Å². The molecule has 0 saturated carbocycles. The number of hydrogen-bond donors (Lipinski definition) is 1. The maximum atomic E-state index is 13.6. The van der Waals surface area contributed by atoms with Gasteiger partial charge in [0.2, 0.25) is 0 Å². The third kappa shape index (κ3) is 2.77. The number of nitrogens with zero attached hydrogens (tertiary/aromatic N) is 2. The molecule has 0 unspecified atom stereocenters. The monoisotopic (exact) mass is 337 g/mol. The largest absolute Gasteiger partial charge is 0.329 e. The molecule has 7 heteroatoms. The van der Waals surface area contributed by atoms with Crippen LogP contribution >= 0.6 is 23.5 Å². The summed E-state index contributed by atoms with van der Waals surface area (Å²) >= 11 is 6.83. The van der Waals surface area contributed by atoms with Crippen molar-refractivity contribution in [1.29, 1.82) is 0 Å². The lowest BCUT2D eigenvalue weighted by atomic mass is 10.3. The van der Waals surface area contributed by atoms with E-state index in [0.29, 0.717) is 18.8 Å². The van der Waals surface area contributed by atoms with E-state index in [-0.39, 0.29) is 11.1 Å². The number of anilines is 2. The van der Waals surface area contributed by atoms with Gasteiger partial charge in [0.1, 0.15) is 5.82 Å². The Balaban J connectivity index is 1.83. The zero-order valence-corrected chi connectivity index (χ0v) is 13.1. The van der Waals surface area contributed by atoms with Gasteiger partial charge in [-0.05, 0) is 54.4 Å². The molecule has 0 aliphatic carbocycles. The molecule has 1 aliphatic heterocycles. The SMILES string of the molecule is NSc1ccc(N2CCN(c3ccc(Cl)c(F)c3)C2=O)cc1. The fourth-order valence-electron chi connectivity index (χ4n) is 2.37. The molecular weight excluding hydrogens is 325 g/mol. The van der Waals surface area contributed by atoms with Crippen molar-refractivity contribution >= 4 is 41.0 Å². The molecule has 1 heterocycles. The Morgan fingerprint density at radius 1 is 1.05 bits per heavy atom. The van der Waals surface area contributed by atoms with Gasteiger partial charge in [-0.2, -0.15) is 0 Å². The number of hydrogen-bond acceptors (Lipinski definition) is 3. The lowest BCUT2D eigenvalue weighted by Crippen LogP contribution is -2.31. The van der Waals surface area contributed by atoms with Gasteiger partial charge in [0.25, 0.3) is 0 Å². The number of halogens is 2. The van der Waals surface area contributed by atoms with Crippen molar-refractivity contribution in [2.75, 3.05) is 22.9 Å². The highest BCUT2D eigenvalue weighted by atomic mass is 35.5. The van der Waals surface area contributed by atoms with Crippen LogP contribution in [0.4, 0.5) is 20.6 Å². The Bertz CT molecular complexity index is 710. The zero-order valence-electron chi connectivity index (χ0n) is 11.5. The topological polar surface area (TPSA) is 49.6 Å². The second-order valence-corrected chi connectivity index (χ2v) is 5.91. The van der Waals surface area contributed by atoms with Crippen molar-refractivity contribution in [3.05, 3.63) is 53.3 Å². The molecule has 114 valence electrons. The number of carbonyl (C=O) groups excluding carboxylic acids is 1. The molecule has 22 heavy (non-hydrogen) atoms. The van der Waals surface area contributed by atoms with E-state index in [4.69, 9.17) is 16.7 Å². The molecule has 1 fully saturated rings. The molecule has 1 saturated heterocycles. The van der Waals surface area contributed by atoms with Crippen LogP contribution in [0.3, 0.4) is 0 Å². The molecule has 2 aromatic carbocycles. The van der Waals surface area contributed by atoms with Gasteiger partial charge in [-0.25, -0.2) is 9.18 Å². The van der Waals surface area contributed by atoms with Crippen LogP contribution in [0.15, 0.2) is 47.4 Å². The predicted octanol–water partition coefficient (Wildman–Crippen LogP) is 3.89. The van der Waals surface area contributed by atoms with Crippen LogP contribution in [0.25, 0.3) is 0 Å². The minimum absolute atomic E-state index is 0.0436. The maximum absolute atomic E-state index is 13.6. The summed E-state index contributed by atoms with van der Waals surface area (Å²) in [5, 5.41) is 5.53. The van der Waals surface area contributed by atoms with Gasteiger partial charge in [-0.3, -0.25) is 14.9 Å². The molecule has 2 N–H and O–H groups in total. The van der Waals surface area contributed by atoms with Gasteiger partial charge in [-0.15, -0.1) is 0 Å². The Kier molecular flexibility index (Phi) is 4.24. The van der Waals surface area contributed by atoms with Crippen molar-refractivity contribution in [3.63, 3.8) is 0 Å². The van der Waals surface area contributed by atoms with Crippen LogP contribution in [0.5, 0.6) is 0 Å². The van der Waals surface area contributed by atoms with Gasteiger partial charge in [0, 0.05) is 29.4 Å². The molecule has 4 nitrogen and oxygen atoms in total. The fraction of sp³-hybridized carbons (Fsp3) is 0.133. The summed E-state index contributed by atoms with van der Waals surface area (Å²) in [5.74, 6) is -0.533. The maximum Gasteiger partial charge on any atom is 0.329 e. The number of rotatable bonds is 3. The first kappa shape index (κ1) is 15.1. The summed E-state index contributed by atoms with van der Waals surface area (Å²) in [7, 11) is 0. The Hall–Kier alpha value is -1.76. The van der Waals surface area contributed by atoms with Crippen LogP contribution in [0.2, 0.25) is 5.02 Å². The Morgan fingerprint density at radius 3 is 2.23 bits per heavy atom. The molecule has 0 atom stereocenters. The third-order valence-electron chi connectivity index (χ3n) is 3.51. The van der Waals surface area contributed by atoms with Crippen molar-refractivity contribution < 1.29 is 9.18 Å². The number of urea groups is 1. The second-order valence-electron chi connectivity index (χ2n) is 4.80. The molecule has 2 amide bonds. The lowest BCUT2D eigenvalue weighted by Gasteiger charge is -2.19. The van der Waals surface area contributed by atoms with E-state index >= 15 is 0 Å². The molecule has 0 aromatic heterocycles. The van der Waals surface area contributed by atoms with Crippen LogP contribution in [-0.4, -0.2) is 19.1 Å². The van der Waals surface area contributed by atoms with E-state index in [1.165, 1.54) is 17.0 Å². The average molecular weight is 338 g/mol. The fourth-order valence-corrected chi connectivity index (χ4v) is 2.78. The van der Waals surface area contributed by atoms with Gasteiger partial charge in [0.15, 0.2) is 0 Å². The van der Waals surface area contributed by atoms with E-state index in [1.54, 1.807) is 11.0 Å². The highest BCUT2D eigenvalue weighted by molar-refractivity contribution is 7.97. The van der Waals surface area contributed by atoms with Gasteiger partial charge in [-0.1, -0.05) is 11.6 Å². The summed E-state index contributed by atoms with van der Waals surface area (Å²) in [6, 6.07) is 11.6. The van der Waals surface area contributed by atoms with Crippen molar-refractivity contribution in [1.82, 2.24) is 0 Å². The van der Waals surface area contributed by atoms with E-state index in [9.17, 15) is 9.18 Å². The highest BCUT2D eigenvalue weighted by Crippen LogP contribution is 2.28. The standard InChI is InChI=1S/C15H13ClFN3OS/c16-13-6-3-11(9-14(13)17)20-8-7-19(15(20)21)10-1-4-12(22-18)5-2-10/h1-6,9H,7-8,18H2. The third-order valence-corrected chi connectivity index (χ3v) is 4.36. The molecular formula is C15H13ClFN3OS. The molecule has 0 bridgehead atoms. The number of benzene rings is 2. The number of amides is 2. The highest BCUT2D eigenvalue weighted by Gasteiger charge is 2.30. The molecule has 2 aromatic rings. The average Bonchev–Trinajstić information content (AvgIpc) is 2.92. The normalized spacial score (nSPS) is 14.8. The summed E-state index contributed by atoms with van der Waals surface area (Å²) in [6.45, 7) is 1.03. The number of carbonyl (C=O) groups is 1. The first-order valence-electron chi connectivity index (χ1n) is 6.61. The van der Waals surface area contributed by atoms with E-state index < -0.39 is 5.82 Å². The van der Waals surface area contributed by atoms with Gasteiger partial charge < -0.3 is 0 Å². The first-order valence-corrected chi connectivity index (χ1v) is 7.87. The van der Waals surface area contributed by atoms with Gasteiger partial charge >= 0.3 is 6.03 Å². The Morgan fingerprint density at radius 2 is 1.64 bits per heavy atom. The minimum atomic E-state index is -0.533. The van der Waals surface area contributed by atoms with E-state index in [0.717, 1.165) is 22.5 Å². The van der Waals surface area contributed by atoms with Crippen LogP contribution in [0, 0.1) is 5.82 Å². The Labute approximate surface area is 136 Å². The minimum Gasteiger partial charge on any atom is -0.292 e. The summed E-state index contributed by atoms with van der Waals surface area (Å²) in [4.78, 5) is 16.6. The summed E-state index contributed by atoms with van der Waals surface area (Å²) in [6.07, 6.45) is 0. The van der Waals surface area contributed by atoms with Gasteiger partial charge in [0.05, 0.1) is 5.02 Å². The molecule has 1 aliphatic rings. The molecule has 0 radical (unpaired) electrons. The van der Waals surface area contributed by atoms with Crippen molar-refractivity contribution in [3.8, 4) is 0 Å². The predicted molar refractivity (Wildman–Crippen MR) is 88.0 cm³/mol. The summed E-state index contributed by atoms with van der Waals surface area (Å²) in [5.41, 5.74) is 1.29. The zero-order chi connectivity index (χ0) is 15.7. The first-order chi connectivity index (χ1) is 10.6.